The number of hydrogen-bond donors (Lipinski definition) is 1. The van der Waals surface area contributed by atoms with Crippen molar-refractivity contribution in [2.45, 2.75) is 31.7 Å². The number of nitrogens with zero attached hydrogens (tertiary/aromatic N) is 1. The van der Waals surface area contributed by atoms with Gasteiger partial charge in [0.15, 0.2) is 0 Å². The van der Waals surface area contributed by atoms with E-state index in [4.69, 9.17) is 9.47 Å². The van der Waals surface area contributed by atoms with Crippen molar-refractivity contribution in [1.29, 1.82) is 0 Å². The molecule has 4 aromatic rings. The molecule has 1 saturated heterocycles. The van der Waals surface area contributed by atoms with Crippen molar-refractivity contribution >= 4 is 29.1 Å². The molecular weight excluding hydrogens is 460 g/mol. The molecule has 0 bridgehead atoms. The maximum absolute atomic E-state index is 12.2. The van der Waals surface area contributed by atoms with Crippen LogP contribution < -0.4 is 5.32 Å². The second kappa shape index (κ2) is 11.9. The molecule has 1 fully saturated rings. The second-order valence-electron chi connectivity index (χ2n) is 8.68. The highest BCUT2D eigenvalue weighted by atomic mass is 35.5. The third-order valence-corrected chi connectivity index (χ3v) is 6.40. The number of fused-ring (bicyclic) bond motifs is 1. The lowest BCUT2D eigenvalue weighted by atomic mass is 9.87. The Kier molecular flexibility index (Phi) is 8.48. The van der Waals surface area contributed by atoms with Crippen LogP contribution in [0.25, 0.3) is 10.8 Å². The van der Waals surface area contributed by atoms with Crippen molar-refractivity contribution in [3.05, 3.63) is 114 Å². The Morgan fingerprint density at radius 3 is 2.43 bits per heavy atom. The first kappa shape index (κ1) is 24.9. The number of piperidine rings is 1. The molecule has 180 valence electrons. The zero-order valence-corrected chi connectivity index (χ0v) is 20.2. The molecule has 1 aliphatic heterocycles. The molecule has 1 N–H and O–H groups in total. The summed E-state index contributed by atoms with van der Waals surface area (Å²) in [7, 11) is 0. The molecule has 0 spiro atoms. The summed E-state index contributed by atoms with van der Waals surface area (Å²) in [6.45, 7) is 2.65. The summed E-state index contributed by atoms with van der Waals surface area (Å²) in [4.78, 5) is 16.1. The van der Waals surface area contributed by atoms with E-state index in [9.17, 15) is 4.79 Å². The number of hydrogen-bond acceptors (Lipinski definition) is 5. The van der Waals surface area contributed by atoms with Crippen LogP contribution in [0.4, 0.5) is 0 Å². The predicted molar refractivity (Wildman–Crippen MR) is 140 cm³/mol. The zero-order valence-electron chi connectivity index (χ0n) is 19.4. The fourth-order valence-electron chi connectivity index (χ4n) is 4.50. The van der Waals surface area contributed by atoms with Gasteiger partial charge in [-0.2, -0.15) is 0 Å². The molecule has 5 nitrogen and oxygen atoms in total. The molecule has 0 aliphatic carbocycles. The predicted octanol–water partition coefficient (Wildman–Crippen LogP) is 5.68. The van der Waals surface area contributed by atoms with E-state index in [1.165, 1.54) is 21.9 Å². The molecule has 1 aromatic heterocycles. The summed E-state index contributed by atoms with van der Waals surface area (Å²) in [5.41, 5.74) is 3.92. The van der Waals surface area contributed by atoms with Gasteiger partial charge in [0.1, 0.15) is 6.61 Å². The Morgan fingerprint density at radius 2 is 1.63 bits per heavy atom. The zero-order chi connectivity index (χ0) is 23.2. The Hall–Kier alpha value is -3.25. The standard InChI is InChI=1S/C29H28N2O3.ClH/c32-29(25-11-14-30-15-12-25)34-19-21-5-9-24(10-6-21)27-13-16-31-18-28(27)33-20-22-7-8-23-3-1-2-4-26(23)17-22;/h1-12,14-15,17,27-28,31H,13,16,18-20H2;1H. The SMILES string of the molecule is Cl.O=C(OCc1ccc(C2CCNCC2OCc2ccc3ccccc3c2)cc1)c1ccncc1. The average molecular weight is 489 g/mol. The number of nitrogens with one attached hydrogen (secondary N) is 1. The quantitative estimate of drug-likeness (QED) is 0.339. The van der Waals surface area contributed by atoms with Gasteiger partial charge in [-0.3, -0.25) is 4.98 Å². The molecule has 3 aromatic carbocycles. The Morgan fingerprint density at radius 1 is 0.886 bits per heavy atom. The van der Waals surface area contributed by atoms with E-state index in [1.54, 1.807) is 24.5 Å². The summed E-state index contributed by atoms with van der Waals surface area (Å²) in [6, 6.07) is 26.6. The molecule has 2 heterocycles. The van der Waals surface area contributed by atoms with Gasteiger partial charge >= 0.3 is 5.97 Å². The van der Waals surface area contributed by atoms with E-state index in [0.717, 1.165) is 25.1 Å². The van der Waals surface area contributed by atoms with Gasteiger partial charge in [-0.1, -0.05) is 60.7 Å². The van der Waals surface area contributed by atoms with E-state index in [2.05, 4.69) is 64.9 Å². The number of carbonyl (C=O) groups excluding carboxylic acids is 1. The molecule has 35 heavy (non-hydrogen) atoms. The summed E-state index contributed by atoms with van der Waals surface area (Å²) in [6.07, 6.45) is 4.31. The number of pyridine rings is 1. The summed E-state index contributed by atoms with van der Waals surface area (Å²) in [5, 5.41) is 5.96. The first-order valence-corrected chi connectivity index (χ1v) is 11.7. The van der Waals surface area contributed by atoms with Crippen LogP contribution in [0.2, 0.25) is 0 Å². The molecule has 1 aliphatic rings. The van der Waals surface area contributed by atoms with Crippen LogP contribution in [-0.4, -0.2) is 30.1 Å². The van der Waals surface area contributed by atoms with Crippen molar-refractivity contribution < 1.29 is 14.3 Å². The van der Waals surface area contributed by atoms with Crippen molar-refractivity contribution in [1.82, 2.24) is 10.3 Å². The van der Waals surface area contributed by atoms with Crippen LogP contribution in [0.5, 0.6) is 0 Å². The lowest BCUT2D eigenvalue weighted by molar-refractivity contribution is 0.0106. The van der Waals surface area contributed by atoms with Gasteiger partial charge in [0.25, 0.3) is 0 Å². The average Bonchev–Trinajstić information content (AvgIpc) is 2.91. The minimum absolute atomic E-state index is 0. The van der Waals surface area contributed by atoms with Crippen LogP contribution in [0.1, 0.15) is 39.4 Å². The molecule has 2 atom stereocenters. The summed E-state index contributed by atoms with van der Waals surface area (Å²) >= 11 is 0. The van der Waals surface area contributed by atoms with E-state index < -0.39 is 0 Å². The van der Waals surface area contributed by atoms with Gasteiger partial charge in [0.2, 0.25) is 0 Å². The number of halogens is 1. The number of benzene rings is 3. The fraction of sp³-hybridized carbons (Fsp3) is 0.241. The first-order valence-electron chi connectivity index (χ1n) is 11.7. The lowest BCUT2D eigenvalue weighted by Crippen LogP contribution is -2.40. The van der Waals surface area contributed by atoms with Crippen LogP contribution in [-0.2, 0) is 22.7 Å². The summed E-state index contributed by atoms with van der Waals surface area (Å²) in [5.74, 6) is -0.0119. The molecule has 0 saturated carbocycles. The van der Waals surface area contributed by atoms with E-state index in [0.29, 0.717) is 18.1 Å². The normalized spacial score (nSPS) is 17.5. The lowest BCUT2D eigenvalue weighted by Gasteiger charge is -2.32. The number of aromatic nitrogens is 1. The van der Waals surface area contributed by atoms with Crippen molar-refractivity contribution in [2.24, 2.45) is 0 Å². The van der Waals surface area contributed by atoms with Gasteiger partial charge in [0, 0.05) is 24.9 Å². The second-order valence-corrected chi connectivity index (χ2v) is 8.68. The highest BCUT2D eigenvalue weighted by Crippen LogP contribution is 2.29. The Bertz CT molecular complexity index is 1250. The molecular formula is C29H29ClN2O3. The van der Waals surface area contributed by atoms with E-state index in [1.807, 2.05) is 12.1 Å². The minimum Gasteiger partial charge on any atom is -0.457 e. The van der Waals surface area contributed by atoms with Crippen molar-refractivity contribution in [2.75, 3.05) is 13.1 Å². The first-order chi connectivity index (χ1) is 16.8. The van der Waals surface area contributed by atoms with E-state index in [-0.39, 0.29) is 31.1 Å². The third-order valence-electron chi connectivity index (χ3n) is 6.40. The number of carbonyl (C=O) groups is 1. The van der Waals surface area contributed by atoms with Crippen molar-refractivity contribution in [3.63, 3.8) is 0 Å². The highest BCUT2D eigenvalue weighted by molar-refractivity contribution is 5.89. The van der Waals surface area contributed by atoms with Crippen LogP contribution in [0.15, 0.2) is 91.3 Å². The molecule has 2 unspecified atom stereocenters. The van der Waals surface area contributed by atoms with Crippen molar-refractivity contribution in [3.8, 4) is 0 Å². The maximum Gasteiger partial charge on any atom is 0.338 e. The number of esters is 1. The Labute approximate surface area is 211 Å². The minimum atomic E-state index is -0.341. The maximum atomic E-state index is 12.2. The Balaban J connectivity index is 0.00000289. The fourth-order valence-corrected chi connectivity index (χ4v) is 4.50. The van der Waals surface area contributed by atoms with E-state index >= 15 is 0 Å². The van der Waals surface area contributed by atoms with Crippen LogP contribution in [0.3, 0.4) is 0 Å². The molecule has 0 radical (unpaired) electrons. The van der Waals surface area contributed by atoms with Crippen LogP contribution >= 0.6 is 12.4 Å². The van der Waals surface area contributed by atoms with Gasteiger partial charge in [0.05, 0.1) is 18.3 Å². The topological polar surface area (TPSA) is 60.5 Å². The molecule has 0 amide bonds. The molecule has 6 heteroatoms. The summed E-state index contributed by atoms with van der Waals surface area (Å²) < 4.78 is 11.8. The van der Waals surface area contributed by atoms with Gasteiger partial charge in [-0.05, 0) is 58.6 Å². The van der Waals surface area contributed by atoms with Gasteiger partial charge in [-0.25, -0.2) is 4.79 Å². The third kappa shape index (κ3) is 6.25. The van der Waals surface area contributed by atoms with Crippen LogP contribution in [0, 0.1) is 0 Å². The largest absolute Gasteiger partial charge is 0.457 e. The number of ether oxygens (including phenoxy) is 2. The highest BCUT2D eigenvalue weighted by Gasteiger charge is 2.27. The number of rotatable bonds is 7. The smallest absolute Gasteiger partial charge is 0.338 e. The monoisotopic (exact) mass is 488 g/mol. The van der Waals surface area contributed by atoms with Gasteiger partial charge in [-0.15, -0.1) is 12.4 Å². The molecule has 5 rings (SSSR count). The van der Waals surface area contributed by atoms with Gasteiger partial charge < -0.3 is 14.8 Å².